The quantitative estimate of drug-likeness (QED) is 0.756. The van der Waals surface area contributed by atoms with Gasteiger partial charge in [-0.2, -0.15) is 0 Å². The first-order valence-corrected chi connectivity index (χ1v) is 4.38. The number of hydrogen-bond acceptors (Lipinski definition) is 4. The molecule has 0 aliphatic rings. The van der Waals surface area contributed by atoms with E-state index in [1.54, 1.807) is 19.2 Å². The minimum absolute atomic E-state index is 0.208. The summed E-state index contributed by atoms with van der Waals surface area (Å²) in [5.41, 5.74) is 2.69. The molecular weight excluding hydrogens is 206 g/mol. The highest BCUT2D eigenvalue weighted by atomic mass is 35.5. The van der Waals surface area contributed by atoms with E-state index in [1.807, 2.05) is 5.48 Å². The molecule has 0 aliphatic heterocycles. The lowest BCUT2D eigenvalue weighted by molar-refractivity contribution is 0.160. The molecule has 0 aliphatic carbocycles. The summed E-state index contributed by atoms with van der Waals surface area (Å²) in [7, 11) is 3.07. The molecular formula is C9H12ClNO3. The van der Waals surface area contributed by atoms with Crippen LogP contribution in [-0.4, -0.2) is 19.4 Å². The molecule has 0 saturated heterocycles. The van der Waals surface area contributed by atoms with Crippen molar-refractivity contribution in [2.24, 2.45) is 0 Å². The van der Waals surface area contributed by atoms with Gasteiger partial charge in [0.05, 0.1) is 25.8 Å². The first kappa shape index (κ1) is 11.1. The minimum Gasteiger partial charge on any atom is -0.496 e. The van der Waals surface area contributed by atoms with Gasteiger partial charge in [0.2, 0.25) is 0 Å². The number of hydrogen-bond donors (Lipinski definition) is 2. The highest BCUT2D eigenvalue weighted by Gasteiger charge is 2.12. The van der Waals surface area contributed by atoms with E-state index in [0.717, 1.165) is 0 Å². The van der Waals surface area contributed by atoms with Gasteiger partial charge >= 0.3 is 0 Å². The largest absolute Gasteiger partial charge is 0.496 e. The zero-order valence-electron chi connectivity index (χ0n) is 8.00. The van der Waals surface area contributed by atoms with Crippen LogP contribution >= 0.6 is 11.6 Å². The predicted molar refractivity (Wildman–Crippen MR) is 53.2 cm³/mol. The highest BCUT2D eigenvalue weighted by Crippen LogP contribution is 2.34. The molecule has 0 aromatic heterocycles. The Kier molecular flexibility index (Phi) is 4.00. The molecule has 0 fully saturated rings. The van der Waals surface area contributed by atoms with Gasteiger partial charge in [0.1, 0.15) is 11.5 Å². The molecule has 0 bridgehead atoms. The standard InChI is InChI=1S/C9H12ClNO3/c1-13-7-3-4-8(14-2)9(10)6(7)5-11-12/h3-4,11-12H,5H2,1-2H3. The molecule has 2 N–H and O–H groups in total. The van der Waals surface area contributed by atoms with Crippen LogP contribution in [0.4, 0.5) is 0 Å². The molecule has 0 unspecified atom stereocenters. The van der Waals surface area contributed by atoms with Crippen LogP contribution in [0.15, 0.2) is 12.1 Å². The van der Waals surface area contributed by atoms with Crippen molar-refractivity contribution in [2.75, 3.05) is 14.2 Å². The van der Waals surface area contributed by atoms with E-state index in [1.165, 1.54) is 7.11 Å². The summed E-state index contributed by atoms with van der Waals surface area (Å²) in [5.74, 6) is 1.16. The Labute approximate surface area is 87.4 Å². The van der Waals surface area contributed by atoms with Crippen molar-refractivity contribution in [1.82, 2.24) is 5.48 Å². The SMILES string of the molecule is COc1ccc(OC)c(CNO)c1Cl. The number of ether oxygens (including phenoxy) is 2. The Morgan fingerprint density at radius 2 is 1.86 bits per heavy atom. The number of methoxy groups -OCH3 is 2. The Bertz CT molecular complexity index is 317. The Hall–Kier alpha value is -0.970. The van der Waals surface area contributed by atoms with Crippen LogP contribution in [0.3, 0.4) is 0 Å². The monoisotopic (exact) mass is 217 g/mol. The summed E-state index contributed by atoms with van der Waals surface area (Å²) in [6, 6.07) is 3.44. The van der Waals surface area contributed by atoms with Gasteiger partial charge in [0.15, 0.2) is 0 Å². The molecule has 0 radical (unpaired) electrons. The van der Waals surface area contributed by atoms with Crippen LogP contribution in [0.25, 0.3) is 0 Å². The van der Waals surface area contributed by atoms with Crippen LogP contribution in [0.5, 0.6) is 11.5 Å². The van der Waals surface area contributed by atoms with E-state index in [2.05, 4.69) is 0 Å². The molecule has 1 rings (SSSR count). The summed E-state index contributed by atoms with van der Waals surface area (Å²) in [6.45, 7) is 0.208. The fraction of sp³-hybridized carbons (Fsp3) is 0.333. The van der Waals surface area contributed by atoms with E-state index in [9.17, 15) is 0 Å². The lowest BCUT2D eigenvalue weighted by Gasteiger charge is -2.12. The van der Waals surface area contributed by atoms with E-state index in [4.69, 9.17) is 26.3 Å². The molecule has 4 nitrogen and oxygen atoms in total. The van der Waals surface area contributed by atoms with Crippen molar-refractivity contribution in [3.8, 4) is 11.5 Å². The van der Waals surface area contributed by atoms with Crippen LogP contribution in [0, 0.1) is 0 Å². The van der Waals surface area contributed by atoms with Gasteiger partial charge in [-0.15, -0.1) is 0 Å². The second-order valence-corrected chi connectivity index (χ2v) is 2.98. The summed E-state index contributed by atoms with van der Waals surface area (Å²) in [5, 5.41) is 9.06. The van der Waals surface area contributed by atoms with Crippen LogP contribution < -0.4 is 15.0 Å². The van der Waals surface area contributed by atoms with Gasteiger partial charge in [0, 0.05) is 5.56 Å². The first-order valence-electron chi connectivity index (χ1n) is 4.01. The second kappa shape index (κ2) is 5.05. The van der Waals surface area contributed by atoms with Gasteiger partial charge in [-0.05, 0) is 12.1 Å². The third kappa shape index (κ3) is 2.09. The maximum Gasteiger partial charge on any atom is 0.138 e. The number of benzene rings is 1. The maximum atomic E-state index is 8.62. The average Bonchev–Trinajstić information content (AvgIpc) is 2.21. The Morgan fingerprint density at radius 1 is 1.29 bits per heavy atom. The summed E-state index contributed by atoms with van der Waals surface area (Å²) < 4.78 is 10.1. The van der Waals surface area contributed by atoms with Crippen LogP contribution in [0.2, 0.25) is 5.02 Å². The summed E-state index contributed by atoms with van der Waals surface area (Å²) >= 11 is 6.02. The van der Waals surface area contributed by atoms with Gasteiger partial charge in [-0.1, -0.05) is 11.6 Å². The van der Waals surface area contributed by atoms with Crippen LogP contribution in [0.1, 0.15) is 5.56 Å². The summed E-state index contributed by atoms with van der Waals surface area (Å²) in [4.78, 5) is 0. The normalized spacial score (nSPS) is 10.0. The molecule has 14 heavy (non-hydrogen) atoms. The Morgan fingerprint density at radius 3 is 2.36 bits per heavy atom. The number of nitrogens with one attached hydrogen (secondary N) is 1. The van der Waals surface area contributed by atoms with Gasteiger partial charge < -0.3 is 14.7 Å². The fourth-order valence-corrected chi connectivity index (χ4v) is 1.47. The van der Waals surface area contributed by atoms with Crippen molar-refractivity contribution in [3.05, 3.63) is 22.7 Å². The number of hydroxylamine groups is 1. The molecule has 1 aromatic carbocycles. The van der Waals surface area contributed by atoms with Crippen molar-refractivity contribution in [1.29, 1.82) is 0 Å². The maximum absolute atomic E-state index is 8.62. The minimum atomic E-state index is 0.208. The first-order chi connectivity index (χ1) is 6.74. The number of rotatable bonds is 4. The second-order valence-electron chi connectivity index (χ2n) is 2.60. The van der Waals surface area contributed by atoms with E-state index < -0.39 is 0 Å². The molecule has 0 atom stereocenters. The molecule has 0 heterocycles. The molecule has 5 heteroatoms. The molecule has 0 amide bonds. The van der Waals surface area contributed by atoms with Gasteiger partial charge in [-0.3, -0.25) is 0 Å². The van der Waals surface area contributed by atoms with Gasteiger partial charge in [0.25, 0.3) is 0 Å². The van der Waals surface area contributed by atoms with Crippen molar-refractivity contribution >= 4 is 11.6 Å². The fourth-order valence-electron chi connectivity index (χ4n) is 1.17. The smallest absolute Gasteiger partial charge is 0.138 e. The van der Waals surface area contributed by atoms with Crippen molar-refractivity contribution < 1.29 is 14.7 Å². The predicted octanol–water partition coefficient (Wildman–Crippen LogP) is 1.84. The van der Waals surface area contributed by atoms with Crippen LogP contribution in [-0.2, 0) is 6.54 Å². The third-order valence-corrected chi connectivity index (χ3v) is 2.27. The Balaban J connectivity index is 3.16. The zero-order chi connectivity index (χ0) is 10.6. The third-order valence-electron chi connectivity index (χ3n) is 1.86. The molecule has 78 valence electrons. The number of halogens is 1. The zero-order valence-corrected chi connectivity index (χ0v) is 8.76. The lowest BCUT2D eigenvalue weighted by atomic mass is 10.2. The molecule has 1 aromatic rings. The van der Waals surface area contributed by atoms with Crippen molar-refractivity contribution in [3.63, 3.8) is 0 Å². The summed E-state index contributed by atoms with van der Waals surface area (Å²) in [6.07, 6.45) is 0. The van der Waals surface area contributed by atoms with Crippen molar-refractivity contribution in [2.45, 2.75) is 6.54 Å². The van der Waals surface area contributed by atoms with E-state index in [0.29, 0.717) is 22.1 Å². The van der Waals surface area contributed by atoms with E-state index in [-0.39, 0.29) is 6.54 Å². The van der Waals surface area contributed by atoms with Gasteiger partial charge in [-0.25, -0.2) is 5.48 Å². The highest BCUT2D eigenvalue weighted by molar-refractivity contribution is 6.33. The average molecular weight is 218 g/mol. The molecule has 0 saturated carbocycles. The topological polar surface area (TPSA) is 50.7 Å². The van der Waals surface area contributed by atoms with E-state index >= 15 is 0 Å². The molecule has 0 spiro atoms. The lowest BCUT2D eigenvalue weighted by Crippen LogP contribution is -2.08.